The van der Waals surface area contributed by atoms with Crippen molar-refractivity contribution in [3.63, 3.8) is 0 Å². The Morgan fingerprint density at radius 2 is 2.00 bits per heavy atom. The number of hydrogen-bond acceptors (Lipinski definition) is 4. The van der Waals surface area contributed by atoms with Crippen molar-refractivity contribution in [3.05, 3.63) is 35.9 Å². The summed E-state index contributed by atoms with van der Waals surface area (Å²) in [6, 6.07) is 7.19. The summed E-state index contributed by atoms with van der Waals surface area (Å²) in [5.41, 5.74) is 0.332. The van der Waals surface area contributed by atoms with Gasteiger partial charge in [-0.2, -0.15) is 5.26 Å². The van der Waals surface area contributed by atoms with Gasteiger partial charge in [-0.15, -0.1) is 0 Å². The second-order valence-electron chi connectivity index (χ2n) is 6.41. The number of anilines is 1. The summed E-state index contributed by atoms with van der Waals surface area (Å²) in [5, 5.41) is 30.5. The largest absolute Gasteiger partial charge is 0.387 e. The molecule has 112 valence electrons. The van der Waals surface area contributed by atoms with E-state index in [1.54, 1.807) is 30.0 Å². The van der Waals surface area contributed by atoms with Crippen LogP contribution >= 0.6 is 0 Å². The standard InChI is InChI=1S/C17H22N2O2/c1-6-12-9-14(8-7-13(12)10-18)19-11(2)17(5,21)16(3,4)15(19)20/h6-9,11,15,20-21H,1H2,2-5H3/t11-,15?,17+/m0/s1. The zero-order valence-electron chi connectivity index (χ0n) is 13.0. The third kappa shape index (κ3) is 2.05. The molecule has 0 saturated carbocycles. The molecule has 4 nitrogen and oxygen atoms in total. The summed E-state index contributed by atoms with van der Waals surface area (Å²) in [5.74, 6) is 0. The molecule has 2 rings (SSSR count). The van der Waals surface area contributed by atoms with E-state index < -0.39 is 17.2 Å². The number of nitrogens with zero attached hydrogens (tertiary/aromatic N) is 2. The molecule has 1 aromatic carbocycles. The third-order valence-corrected chi connectivity index (χ3v) is 5.12. The Kier molecular flexibility index (Phi) is 3.61. The number of benzene rings is 1. The van der Waals surface area contributed by atoms with Gasteiger partial charge < -0.3 is 15.1 Å². The topological polar surface area (TPSA) is 67.5 Å². The fraction of sp³-hybridized carbons (Fsp3) is 0.471. The van der Waals surface area contributed by atoms with Gasteiger partial charge in [0.05, 0.1) is 23.3 Å². The molecular formula is C17H22N2O2. The van der Waals surface area contributed by atoms with Crippen LogP contribution in [0.4, 0.5) is 5.69 Å². The van der Waals surface area contributed by atoms with Crippen LogP contribution in [-0.2, 0) is 0 Å². The molecule has 1 aliphatic rings. The van der Waals surface area contributed by atoms with E-state index in [9.17, 15) is 10.2 Å². The van der Waals surface area contributed by atoms with Gasteiger partial charge in [-0.1, -0.05) is 26.5 Å². The number of aliphatic hydroxyl groups is 2. The highest BCUT2D eigenvalue weighted by molar-refractivity contribution is 5.65. The average Bonchev–Trinajstić information content (AvgIpc) is 2.57. The first-order valence-electron chi connectivity index (χ1n) is 7.04. The third-order valence-electron chi connectivity index (χ3n) is 5.12. The van der Waals surface area contributed by atoms with Gasteiger partial charge in [-0.25, -0.2) is 0 Å². The molecule has 1 fully saturated rings. The summed E-state index contributed by atoms with van der Waals surface area (Å²) in [6.45, 7) is 11.1. The monoisotopic (exact) mass is 286 g/mol. The number of aliphatic hydroxyl groups excluding tert-OH is 1. The lowest BCUT2D eigenvalue weighted by atomic mass is 9.75. The van der Waals surface area contributed by atoms with Crippen LogP contribution in [-0.4, -0.2) is 28.1 Å². The van der Waals surface area contributed by atoms with Crippen LogP contribution in [0.3, 0.4) is 0 Å². The molecule has 0 aliphatic carbocycles. The van der Waals surface area contributed by atoms with Crippen molar-refractivity contribution in [1.29, 1.82) is 5.26 Å². The molecule has 0 radical (unpaired) electrons. The van der Waals surface area contributed by atoms with Gasteiger partial charge in [0.25, 0.3) is 0 Å². The zero-order chi connectivity index (χ0) is 16.0. The van der Waals surface area contributed by atoms with Crippen molar-refractivity contribution in [2.75, 3.05) is 4.90 Å². The minimum atomic E-state index is -1.03. The van der Waals surface area contributed by atoms with Gasteiger partial charge in [0.1, 0.15) is 6.23 Å². The van der Waals surface area contributed by atoms with Crippen molar-refractivity contribution in [2.24, 2.45) is 5.41 Å². The van der Waals surface area contributed by atoms with Crippen molar-refractivity contribution in [3.8, 4) is 6.07 Å². The first kappa shape index (κ1) is 15.6. The quantitative estimate of drug-likeness (QED) is 0.876. The molecule has 0 aromatic heterocycles. The van der Waals surface area contributed by atoms with E-state index in [2.05, 4.69) is 12.6 Å². The summed E-state index contributed by atoms with van der Waals surface area (Å²) in [7, 11) is 0. The maximum atomic E-state index is 10.7. The summed E-state index contributed by atoms with van der Waals surface area (Å²) < 4.78 is 0. The Morgan fingerprint density at radius 3 is 2.43 bits per heavy atom. The lowest BCUT2D eigenvalue weighted by Crippen LogP contribution is -2.46. The van der Waals surface area contributed by atoms with Crippen LogP contribution in [0.2, 0.25) is 0 Å². The molecule has 0 spiro atoms. The van der Waals surface area contributed by atoms with Crippen molar-refractivity contribution >= 4 is 11.8 Å². The first-order chi connectivity index (χ1) is 9.68. The average molecular weight is 286 g/mol. The van der Waals surface area contributed by atoms with Crippen molar-refractivity contribution < 1.29 is 10.2 Å². The van der Waals surface area contributed by atoms with Crippen LogP contribution in [0.1, 0.15) is 38.8 Å². The lowest BCUT2D eigenvalue weighted by Gasteiger charge is -2.35. The molecule has 0 amide bonds. The lowest BCUT2D eigenvalue weighted by molar-refractivity contribution is -0.0720. The highest BCUT2D eigenvalue weighted by Crippen LogP contribution is 2.48. The number of hydrogen-bond donors (Lipinski definition) is 2. The van der Waals surface area contributed by atoms with Crippen LogP contribution in [0.15, 0.2) is 24.8 Å². The predicted molar refractivity (Wildman–Crippen MR) is 83.6 cm³/mol. The van der Waals surface area contributed by atoms with E-state index in [-0.39, 0.29) is 6.04 Å². The Bertz CT molecular complexity index is 594. The first-order valence-corrected chi connectivity index (χ1v) is 7.04. The minimum Gasteiger partial charge on any atom is -0.387 e. The Labute approximate surface area is 125 Å². The van der Waals surface area contributed by atoms with Gasteiger partial charge in [-0.3, -0.25) is 0 Å². The molecule has 0 bridgehead atoms. The SMILES string of the molecule is C=Cc1cc(N2C(O)C(C)(C)[C@](C)(O)[C@@H]2C)ccc1C#N. The minimum absolute atomic E-state index is 0.256. The fourth-order valence-corrected chi connectivity index (χ4v) is 2.98. The Balaban J connectivity index is 2.53. The smallest absolute Gasteiger partial charge is 0.135 e. The highest BCUT2D eigenvalue weighted by atomic mass is 16.3. The maximum absolute atomic E-state index is 10.7. The second kappa shape index (κ2) is 4.87. The maximum Gasteiger partial charge on any atom is 0.135 e. The van der Waals surface area contributed by atoms with Gasteiger partial charge in [0.2, 0.25) is 0 Å². The highest BCUT2D eigenvalue weighted by Gasteiger charge is 2.59. The molecule has 1 aromatic rings. The molecule has 1 aliphatic heterocycles. The summed E-state index contributed by atoms with van der Waals surface area (Å²) >= 11 is 0. The van der Waals surface area contributed by atoms with Gasteiger partial charge >= 0.3 is 0 Å². The normalized spacial score (nSPS) is 31.0. The van der Waals surface area contributed by atoms with E-state index in [4.69, 9.17) is 5.26 Å². The molecule has 3 atom stereocenters. The van der Waals surface area contributed by atoms with E-state index in [1.807, 2.05) is 26.8 Å². The van der Waals surface area contributed by atoms with Gasteiger partial charge in [0.15, 0.2) is 0 Å². The van der Waals surface area contributed by atoms with Crippen LogP contribution < -0.4 is 4.90 Å². The molecule has 4 heteroatoms. The fourth-order valence-electron chi connectivity index (χ4n) is 2.98. The Hall–Kier alpha value is -1.83. The van der Waals surface area contributed by atoms with Crippen LogP contribution in [0.25, 0.3) is 6.08 Å². The molecule has 1 saturated heterocycles. The Morgan fingerprint density at radius 1 is 1.38 bits per heavy atom. The molecule has 1 unspecified atom stereocenters. The summed E-state index contributed by atoms with van der Waals surface area (Å²) in [6.07, 6.45) is 0.812. The molecule has 1 heterocycles. The van der Waals surface area contributed by atoms with E-state index in [1.165, 1.54) is 0 Å². The van der Waals surface area contributed by atoms with Crippen LogP contribution in [0.5, 0.6) is 0 Å². The van der Waals surface area contributed by atoms with Crippen molar-refractivity contribution in [2.45, 2.75) is 45.6 Å². The van der Waals surface area contributed by atoms with E-state index in [0.29, 0.717) is 5.56 Å². The zero-order valence-corrected chi connectivity index (χ0v) is 13.0. The number of rotatable bonds is 2. The molecular weight excluding hydrogens is 264 g/mol. The second-order valence-corrected chi connectivity index (χ2v) is 6.41. The van der Waals surface area contributed by atoms with E-state index >= 15 is 0 Å². The molecule has 2 N–H and O–H groups in total. The number of nitriles is 1. The predicted octanol–water partition coefficient (Wildman–Crippen LogP) is 2.51. The summed E-state index contributed by atoms with van der Waals surface area (Å²) in [4.78, 5) is 1.80. The van der Waals surface area contributed by atoms with Crippen LogP contribution in [0, 0.1) is 16.7 Å². The van der Waals surface area contributed by atoms with Crippen molar-refractivity contribution in [1.82, 2.24) is 0 Å². The van der Waals surface area contributed by atoms with E-state index in [0.717, 1.165) is 11.3 Å². The van der Waals surface area contributed by atoms with Gasteiger partial charge in [0, 0.05) is 11.1 Å². The molecule has 21 heavy (non-hydrogen) atoms. The van der Waals surface area contributed by atoms with Gasteiger partial charge in [-0.05, 0) is 37.6 Å².